The molecule has 1 radical (unpaired) electrons. The minimum Gasteiger partial charge on any atom is -0.544 e. The van der Waals surface area contributed by atoms with Crippen LogP contribution in [0.15, 0.2) is 59.8 Å². The summed E-state index contributed by atoms with van der Waals surface area (Å²) >= 11 is 0. The molecule has 0 bridgehead atoms. The van der Waals surface area contributed by atoms with Crippen LogP contribution in [0, 0.1) is 12.8 Å². The molecule has 0 aromatic heterocycles. The second-order valence-corrected chi connectivity index (χ2v) is 8.31. The van der Waals surface area contributed by atoms with Gasteiger partial charge in [0.2, 0.25) is 0 Å². The van der Waals surface area contributed by atoms with Gasteiger partial charge < -0.3 is 9.74 Å². The largest absolute Gasteiger partial charge is 0.544 e. The van der Waals surface area contributed by atoms with Gasteiger partial charge in [-0.3, -0.25) is 0 Å². The summed E-state index contributed by atoms with van der Waals surface area (Å²) < 4.78 is 0. The van der Waals surface area contributed by atoms with Gasteiger partial charge in [-0.25, -0.2) is 0 Å². The molecular formula is C26H24IrN2O-2. The standard InChI is InChI=1S/C26H24N2O.Ir/c1-16(2)19-9-7-10-20(17(3)4)25(19)18-12-13-22-23(14-18)21-8-5-6-11-24(21)28-15-29-27-26(22)28;/h5-10,12-17H,1-4H3;/q-2;. The van der Waals surface area contributed by atoms with Crippen LogP contribution >= 0.6 is 0 Å². The molecule has 155 valence electrons. The van der Waals surface area contributed by atoms with E-state index in [0.29, 0.717) is 11.8 Å². The van der Waals surface area contributed by atoms with Crippen LogP contribution in [0.25, 0.3) is 22.3 Å². The van der Waals surface area contributed by atoms with Gasteiger partial charge in [-0.2, -0.15) is 24.3 Å². The topological polar surface area (TPSA) is 24.8 Å². The predicted octanol–water partition coefficient (Wildman–Crippen LogP) is 6.70. The van der Waals surface area contributed by atoms with Crippen molar-refractivity contribution in [2.24, 2.45) is 5.16 Å². The van der Waals surface area contributed by atoms with E-state index >= 15 is 0 Å². The van der Waals surface area contributed by atoms with Gasteiger partial charge >= 0.3 is 0 Å². The van der Waals surface area contributed by atoms with Crippen LogP contribution in [0.4, 0.5) is 5.69 Å². The Morgan fingerprint density at radius 2 is 1.63 bits per heavy atom. The van der Waals surface area contributed by atoms with Gasteiger partial charge in [0.15, 0.2) is 0 Å². The number of para-hydroxylation sites is 1. The fourth-order valence-corrected chi connectivity index (χ4v) is 4.40. The summed E-state index contributed by atoms with van der Waals surface area (Å²) in [5.41, 5.74) is 9.79. The Morgan fingerprint density at radius 1 is 0.900 bits per heavy atom. The van der Waals surface area contributed by atoms with E-state index in [2.05, 4.69) is 81.4 Å². The molecule has 0 N–H and O–H groups in total. The zero-order chi connectivity index (χ0) is 20.1. The molecule has 0 spiro atoms. The van der Waals surface area contributed by atoms with E-state index in [4.69, 9.17) is 4.84 Å². The van der Waals surface area contributed by atoms with E-state index in [9.17, 15) is 0 Å². The molecule has 0 fully saturated rings. The number of hydrogen-bond donors (Lipinski definition) is 0. The van der Waals surface area contributed by atoms with Crippen LogP contribution in [0.5, 0.6) is 0 Å². The molecule has 2 heterocycles. The second kappa shape index (κ2) is 8.02. The summed E-state index contributed by atoms with van der Waals surface area (Å²) in [7, 11) is 0. The molecule has 2 aliphatic rings. The van der Waals surface area contributed by atoms with E-state index in [1.165, 1.54) is 27.8 Å². The number of nitrogens with zero attached hydrogens (tertiary/aromatic N) is 2. The Balaban J connectivity index is 0.00000218. The average Bonchev–Trinajstić information content (AvgIpc) is 3.23. The molecule has 3 aromatic rings. The predicted molar refractivity (Wildman–Crippen MR) is 119 cm³/mol. The first-order valence-electron chi connectivity index (χ1n) is 10.2. The van der Waals surface area contributed by atoms with Crippen molar-refractivity contribution < 1.29 is 24.9 Å². The van der Waals surface area contributed by atoms with Crippen molar-refractivity contribution in [3.05, 3.63) is 84.1 Å². The summed E-state index contributed by atoms with van der Waals surface area (Å²) in [4.78, 5) is 7.26. The zero-order valence-corrected chi connectivity index (χ0v) is 20.0. The number of amidine groups is 1. The van der Waals surface area contributed by atoms with Crippen LogP contribution in [0.1, 0.15) is 56.2 Å². The van der Waals surface area contributed by atoms with Crippen molar-refractivity contribution in [1.82, 2.24) is 0 Å². The number of fused-ring (bicyclic) bond motifs is 6. The van der Waals surface area contributed by atoms with Crippen molar-refractivity contribution in [3.63, 3.8) is 0 Å². The monoisotopic (exact) mass is 573 g/mol. The number of hydrogen-bond acceptors (Lipinski definition) is 3. The van der Waals surface area contributed by atoms with Crippen LogP contribution in [-0.4, -0.2) is 5.84 Å². The third kappa shape index (κ3) is 3.19. The number of benzene rings is 3. The molecule has 0 unspecified atom stereocenters. The van der Waals surface area contributed by atoms with Crippen molar-refractivity contribution in [1.29, 1.82) is 0 Å². The van der Waals surface area contributed by atoms with Gasteiger partial charge in [0, 0.05) is 25.7 Å². The molecule has 5 rings (SSSR count). The van der Waals surface area contributed by atoms with Gasteiger partial charge in [-0.05, 0) is 40.8 Å². The first-order valence-corrected chi connectivity index (χ1v) is 10.2. The van der Waals surface area contributed by atoms with E-state index in [0.717, 1.165) is 22.6 Å². The van der Waals surface area contributed by atoms with Gasteiger partial charge in [-0.1, -0.05) is 75.3 Å². The molecule has 2 aliphatic heterocycles. The first-order chi connectivity index (χ1) is 14.1. The number of rotatable bonds is 3. The molecule has 30 heavy (non-hydrogen) atoms. The Kier molecular flexibility index (Phi) is 5.57. The Hall–Kier alpha value is -2.42. The van der Waals surface area contributed by atoms with Gasteiger partial charge in [0.25, 0.3) is 0 Å². The fourth-order valence-electron chi connectivity index (χ4n) is 4.40. The number of anilines is 1. The second-order valence-electron chi connectivity index (χ2n) is 8.31. The molecule has 0 aliphatic carbocycles. The summed E-state index contributed by atoms with van der Waals surface area (Å²) in [6.07, 6.45) is 0. The normalized spacial score (nSPS) is 13.9. The van der Waals surface area contributed by atoms with Crippen molar-refractivity contribution >= 4 is 11.5 Å². The molecule has 0 saturated heterocycles. The quantitative estimate of drug-likeness (QED) is 0.327. The van der Waals surface area contributed by atoms with Crippen molar-refractivity contribution in [2.75, 3.05) is 4.90 Å². The van der Waals surface area contributed by atoms with Crippen LogP contribution < -0.4 is 4.90 Å². The minimum absolute atomic E-state index is 0. The summed E-state index contributed by atoms with van der Waals surface area (Å²) in [5, 5.41) is 4.26. The average molecular weight is 573 g/mol. The van der Waals surface area contributed by atoms with E-state index in [-0.39, 0.29) is 20.1 Å². The third-order valence-corrected chi connectivity index (χ3v) is 5.81. The Bertz CT molecular complexity index is 1110. The van der Waals surface area contributed by atoms with Gasteiger partial charge in [0.05, 0.1) is 0 Å². The maximum atomic E-state index is 5.29. The Morgan fingerprint density at radius 3 is 2.33 bits per heavy atom. The molecule has 3 aromatic carbocycles. The minimum atomic E-state index is 0. The van der Waals surface area contributed by atoms with E-state index < -0.39 is 0 Å². The van der Waals surface area contributed by atoms with Gasteiger partial charge in [-0.15, -0.1) is 10.7 Å². The fraction of sp³-hybridized carbons (Fsp3) is 0.231. The zero-order valence-electron chi connectivity index (χ0n) is 17.6. The SMILES string of the molecule is CC(C)c1cccc(C(C)C)c1-c1ccc2c(c1)-c1ccc[c-]c1N1[CH-]ON=C21.[Ir]. The molecule has 3 nitrogen and oxygen atoms in total. The summed E-state index contributed by atoms with van der Waals surface area (Å²) in [5.74, 6) is 1.74. The first kappa shape index (κ1) is 20.8. The van der Waals surface area contributed by atoms with E-state index in [1.807, 2.05) is 17.0 Å². The maximum Gasteiger partial charge on any atom is 0.148 e. The van der Waals surface area contributed by atoms with Crippen LogP contribution in [-0.2, 0) is 24.9 Å². The molecular weight excluding hydrogens is 549 g/mol. The third-order valence-electron chi connectivity index (χ3n) is 5.81. The smallest absolute Gasteiger partial charge is 0.148 e. The van der Waals surface area contributed by atoms with Crippen molar-refractivity contribution in [3.8, 4) is 22.3 Å². The Labute approximate surface area is 192 Å². The van der Waals surface area contributed by atoms with Crippen LogP contribution in [0.2, 0.25) is 0 Å². The van der Waals surface area contributed by atoms with Crippen LogP contribution in [0.3, 0.4) is 0 Å². The van der Waals surface area contributed by atoms with E-state index in [1.54, 1.807) is 6.73 Å². The maximum absolute atomic E-state index is 5.29. The van der Waals surface area contributed by atoms with Gasteiger partial charge in [0.1, 0.15) is 5.84 Å². The molecule has 0 amide bonds. The van der Waals surface area contributed by atoms with Crippen molar-refractivity contribution in [2.45, 2.75) is 39.5 Å². The molecule has 0 saturated carbocycles. The molecule has 0 atom stereocenters. The summed E-state index contributed by atoms with van der Waals surface area (Å²) in [6.45, 7) is 10.7. The molecule has 4 heteroatoms. The summed E-state index contributed by atoms with van der Waals surface area (Å²) in [6, 6.07) is 22.9. The number of oxime groups is 1.